The Morgan fingerprint density at radius 2 is 2.33 bits per heavy atom. The fraction of sp³-hybridized carbons (Fsp3) is 0.0909. The molecule has 0 saturated carbocycles. The number of primary amides is 1. The summed E-state index contributed by atoms with van der Waals surface area (Å²) in [6, 6.07) is 4.72. The van der Waals surface area contributed by atoms with E-state index in [-0.39, 0.29) is 0 Å². The van der Waals surface area contributed by atoms with Crippen molar-refractivity contribution in [1.29, 1.82) is 0 Å². The summed E-state index contributed by atoms with van der Waals surface area (Å²) >= 11 is 10.6. The Hall–Kier alpha value is -1.11. The molecular weight excluding hydrogens is 338 g/mol. The summed E-state index contributed by atoms with van der Waals surface area (Å²) in [5, 5.41) is 3.66. The van der Waals surface area contributed by atoms with E-state index in [1.54, 1.807) is 29.9 Å². The highest BCUT2D eigenvalue weighted by atomic mass is 79.9. The van der Waals surface area contributed by atoms with Gasteiger partial charge in [-0.05, 0) is 34.1 Å². The molecule has 94 valence electrons. The maximum atomic E-state index is 11.5. The van der Waals surface area contributed by atoms with Crippen LogP contribution in [0.5, 0.6) is 0 Å². The fourth-order valence-corrected chi connectivity index (χ4v) is 2.58. The van der Waals surface area contributed by atoms with E-state index in [1.165, 1.54) is 11.3 Å². The van der Waals surface area contributed by atoms with Gasteiger partial charge in [0.25, 0.3) is 0 Å². The van der Waals surface area contributed by atoms with E-state index in [2.05, 4.69) is 26.2 Å². The zero-order valence-corrected chi connectivity index (χ0v) is 12.2. The van der Waals surface area contributed by atoms with Gasteiger partial charge in [0.2, 0.25) is 5.91 Å². The molecule has 0 aliphatic carbocycles. The second kappa shape index (κ2) is 5.69. The Morgan fingerprint density at radius 3 is 2.89 bits per heavy atom. The van der Waals surface area contributed by atoms with Crippen LogP contribution < -0.4 is 11.1 Å². The minimum Gasteiger partial charge on any atom is -0.369 e. The number of amides is 1. The molecule has 0 aliphatic rings. The smallest absolute Gasteiger partial charge is 0.245 e. The second-order valence-corrected chi connectivity index (χ2v) is 5.69. The summed E-state index contributed by atoms with van der Waals surface area (Å²) in [6.45, 7) is 0. The van der Waals surface area contributed by atoms with Gasteiger partial charge in [-0.25, -0.2) is 0 Å². The number of aromatic nitrogens is 1. The molecule has 0 fully saturated rings. The quantitative estimate of drug-likeness (QED) is 0.893. The molecular formula is C11H9BrClN3OS. The van der Waals surface area contributed by atoms with Crippen LogP contribution in [0.2, 0.25) is 5.02 Å². The molecule has 2 aromatic rings. The normalized spacial score (nSPS) is 12.1. The lowest BCUT2D eigenvalue weighted by Gasteiger charge is -2.15. The molecule has 1 amide bonds. The maximum absolute atomic E-state index is 11.5. The number of hydrogen-bond acceptors (Lipinski definition) is 4. The number of carbonyl (C=O) groups is 1. The Balaban J connectivity index is 2.24. The zero-order valence-electron chi connectivity index (χ0n) is 9.06. The van der Waals surface area contributed by atoms with Crippen LogP contribution >= 0.6 is 38.9 Å². The SMILES string of the molecule is NC(=O)C(Nc1ccc(Cl)c(Br)c1)c1cncs1. The van der Waals surface area contributed by atoms with Crippen LogP contribution in [0.25, 0.3) is 0 Å². The summed E-state index contributed by atoms with van der Waals surface area (Å²) in [5.41, 5.74) is 7.79. The monoisotopic (exact) mass is 345 g/mol. The van der Waals surface area contributed by atoms with Crippen molar-refractivity contribution >= 4 is 50.5 Å². The molecule has 0 saturated heterocycles. The third kappa shape index (κ3) is 3.01. The highest BCUT2D eigenvalue weighted by molar-refractivity contribution is 9.10. The average Bonchev–Trinajstić information content (AvgIpc) is 2.83. The predicted molar refractivity (Wildman–Crippen MR) is 76.8 cm³/mol. The molecule has 0 bridgehead atoms. The number of nitrogens with one attached hydrogen (secondary N) is 1. The van der Waals surface area contributed by atoms with Crippen LogP contribution in [-0.4, -0.2) is 10.9 Å². The lowest BCUT2D eigenvalue weighted by atomic mass is 10.2. The van der Waals surface area contributed by atoms with Gasteiger partial charge in [-0.15, -0.1) is 11.3 Å². The standard InChI is InChI=1S/C11H9BrClN3OS/c12-7-3-6(1-2-8(7)13)16-10(11(14)17)9-4-15-5-18-9/h1-5,10,16H,(H2,14,17). The van der Waals surface area contributed by atoms with E-state index in [4.69, 9.17) is 17.3 Å². The largest absolute Gasteiger partial charge is 0.369 e. The van der Waals surface area contributed by atoms with Gasteiger partial charge in [-0.1, -0.05) is 11.6 Å². The van der Waals surface area contributed by atoms with Crippen molar-refractivity contribution in [2.24, 2.45) is 5.73 Å². The number of benzene rings is 1. The Labute approximate surface area is 121 Å². The van der Waals surface area contributed by atoms with Crippen LogP contribution in [0.15, 0.2) is 34.4 Å². The summed E-state index contributed by atoms with van der Waals surface area (Å²) in [7, 11) is 0. The molecule has 7 heteroatoms. The van der Waals surface area contributed by atoms with Crippen LogP contribution in [0, 0.1) is 0 Å². The Morgan fingerprint density at radius 1 is 1.56 bits per heavy atom. The van der Waals surface area contributed by atoms with Crippen molar-refractivity contribution in [1.82, 2.24) is 4.98 Å². The first-order valence-corrected chi connectivity index (χ1v) is 7.02. The lowest BCUT2D eigenvalue weighted by molar-refractivity contribution is -0.118. The highest BCUT2D eigenvalue weighted by Gasteiger charge is 2.19. The molecule has 3 N–H and O–H groups in total. The second-order valence-electron chi connectivity index (χ2n) is 3.51. The molecule has 2 rings (SSSR count). The van der Waals surface area contributed by atoms with Crippen LogP contribution in [-0.2, 0) is 4.79 Å². The van der Waals surface area contributed by atoms with E-state index in [9.17, 15) is 4.79 Å². The van der Waals surface area contributed by atoms with Gasteiger partial charge in [0.15, 0.2) is 0 Å². The number of anilines is 1. The van der Waals surface area contributed by atoms with Gasteiger partial charge in [0, 0.05) is 16.4 Å². The van der Waals surface area contributed by atoms with Crippen LogP contribution in [0.1, 0.15) is 10.9 Å². The molecule has 1 atom stereocenters. The Bertz CT molecular complexity index is 561. The first-order valence-electron chi connectivity index (χ1n) is 4.97. The van der Waals surface area contributed by atoms with Gasteiger partial charge in [0.1, 0.15) is 6.04 Å². The number of rotatable bonds is 4. The van der Waals surface area contributed by atoms with Gasteiger partial charge in [-0.2, -0.15) is 0 Å². The minimum atomic E-state index is -0.592. The number of hydrogen-bond donors (Lipinski definition) is 2. The van der Waals surface area contributed by atoms with Gasteiger partial charge < -0.3 is 11.1 Å². The van der Waals surface area contributed by atoms with E-state index in [0.29, 0.717) is 5.02 Å². The summed E-state index contributed by atoms with van der Waals surface area (Å²) in [6.07, 6.45) is 1.62. The first kappa shape index (κ1) is 13.3. The third-order valence-corrected chi connectivity index (χ3v) is 4.31. The predicted octanol–water partition coefficient (Wildman–Crippen LogP) is 3.20. The number of carbonyl (C=O) groups excluding carboxylic acids is 1. The molecule has 1 aromatic carbocycles. The zero-order chi connectivity index (χ0) is 13.1. The molecule has 0 radical (unpaired) electrons. The topological polar surface area (TPSA) is 68.0 Å². The first-order chi connectivity index (χ1) is 8.58. The summed E-state index contributed by atoms with van der Waals surface area (Å²) < 4.78 is 0.752. The average molecular weight is 347 g/mol. The number of nitrogens with two attached hydrogens (primary N) is 1. The highest BCUT2D eigenvalue weighted by Crippen LogP contribution is 2.28. The Kier molecular flexibility index (Phi) is 4.21. The minimum absolute atomic E-state index is 0.453. The number of halogens is 2. The molecule has 1 unspecified atom stereocenters. The molecule has 0 aliphatic heterocycles. The van der Waals surface area contributed by atoms with E-state index in [0.717, 1.165) is 15.0 Å². The maximum Gasteiger partial charge on any atom is 0.245 e. The van der Waals surface area contributed by atoms with Gasteiger partial charge in [0.05, 0.1) is 15.4 Å². The van der Waals surface area contributed by atoms with Gasteiger partial charge in [-0.3, -0.25) is 9.78 Å². The number of nitrogens with zero attached hydrogens (tertiary/aromatic N) is 1. The van der Waals surface area contributed by atoms with Crippen LogP contribution in [0.3, 0.4) is 0 Å². The van der Waals surface area contributed by atoms with Crippen molar-refractivity contribution < 1.29 is 4.79 Å². The summed E-state index contributed by atoms with van der Waals surface area (Å²) in [4.78, 5) is 16.2. The summed E-state index contributed by atoms with van der Waals surface area (Å²) in [5.74, 6) is -0.453. The van der Waals surface area contributed by atoms with Crippen molar-refractivity contribution in [2.45, 2.75) is 6.04 Å². The molecule has 1 heterocycles. The van der Waals surface area contributed by atoms with Crippen molar-refractivity contribution in [3.05, 3.63) is 44.3 Å². The van der Waals surface area contributed by atoms with Crippen LogP contribution in [0.4, 0.5) is 5.69 Å². The van der Waals surface area contributed by atoms with Crippen molar-refractivity contribution in [3.8, 4) is 0 Å². The molecule has 0 spiro atoms. The van der Waals surface area contributed by atoms with E-state index >= 15 is 0 Å². The molecule has 18 heavy (non-hydrogen) atoms. The van der Waals surface area contributed by atoms with E-state index in [1.807, 2.05) is 0 Å². The van der Waals surface area contributed by atoms with Crippen molar-refractivity contribution in [2.75, 3.05) is 5.32 Å². The van der Waals surface area contributed by atoms with Gasteiger partial charge >= 0.3 is 0 Å². The fourth-order valence-electron chi connectivity index (χ4n) is 1.40. The third-order valence-electron chi connectivity index (χ3n) is 2.25. The molecule has 1 aromatic heterocycles. The van der Waals surface area contributed by atoms with Crippen molar-refractivity contribution in [3.63, 3.8) is 0 Å². The number of thiazole rings is 1. The lowest BCUT2D eigenvalue weighted by Crippen LogP contribution is -2.27. The molecule has 4 nitrogen and oxygen atoms in total. The van der Waals surface area contributed by atoms with E-state index < -0.39 is 11.9 Å².